The number of anilines is 1. The molecule has 25 heavy (non-hydrogen) atoms. The molecule has 2 bridgehead atoms. The molecule has 4 amide bonds. The van der Waals surface area contributed by atoms with E-state index in [1.54, 1.807) is 24.4 Å². The summed E-state index contributed by atoms with van der Waals surface area (Å²) >= 11 is 0. The normalized spacial score (nSPS) is 29.7. The molecule has 2 N–H and O–H groups in total. The number of nitrogens with zero attached hydrogens (tertiary/aromatic N) is 2. The summed E-state index contributed by atoms with van der Waals surface area (Å²) in [7, 11) is 0. The van der Waals surface area contributed by atoms with Crippen molar-refractivity contribution in [2.24, 2.45) is 23.7 Å². The summed E-state index contributed by atoms with van der Waals surface area (Å²) < 4.78 is 0. The third kappa shape index (κ3) is 2.79. The second-order valence-corrected chi connectivity index (χ2v) is 6.77. The third-order valence-corrected chi connectivity index (χ3v) is 5.38. The van der Waals surface area contributed by atoms with E-state index in [4.69, 9.17) is 0 Å². The van der Waals surface area contributed by atoms with Crippen LogP contribution < -0.4 is 10.6 Å². The maximum atomic E-state index is 12.6. The van der Waals surface area contributed by atoms with E-state index in [0.29, 0.717) is 5.82 Å². The van der Waals surface area contributed by atoms with E-state index < -0.39 is 6.03 Å². The number of urea groups is 1. The Balaban J connectivity index is 1.32. The number of likely N-dealkylation sites (tertiary alicyclic amines) is 1. The molecule has 4 atom stereocenters. The lowest BCUT2D eigenvalue weighted by molar-refractivity contribution is -0.140. The Morgan fingerprint density at radius 1 is 1.12 bits per heavy atom. The van der Waals surface area contributed by atoms with Crippen molar-refractivity contribution in [1.82, 2.24) is 15.2 Å². The third-order valence-electron chi connectivity index (χ3n) is 5.38. The number of carbonyl (C=O) groups is 3. The number of rotatable bonds is 4. The number of allylic oxidation sites excluding steroid dienone is 2. The fraction of sp³-hybridized carbons (Fsp3) is 0.444. The second kappa shape index (κ2) is 6.31. The van der Waals surface area contributed by atoms with Gasteiger partial charge in [0.05, 0.1) is 11.8 Å². The van der Waals surface area contributed by atoms with Gasteiger partial charge in [0.2, 0.25) is 11.8 Å². The molecular formula is C18H20N4O3. The number of amides is 4. The van der Waals surface area contributed by atoms with E-state index in [1.807, 2.05) is 0 Å². The molecule has 1 aliphatic heterocycles. The lowest BCUT2D eigenvalue weighted by Crippen LogP contribution is -2.40. The molecule has 5 rings (SSSR count). The SMILES string of the molecule is O=C(NCCN1C(=O)[C@@H]2[C@@H](C1=O)[C@H]1C=C[C@H]2CC1)Nc1ccccn1. The molecule has 1 saturated heterocycles. The lowest BCUT2D eigenvalue weighted by atomic mass is 9.63. The van der Waals surface area contributed by atoms with Gasteiger partial charge in [-0.15, -0.1) is 0 Å². The number of carbonyl (C=O) groups excluding carboxylic acids is 3. The quantitative estimate of drug-likeness (QED) is 0.640. The second-order valence-electron chi connectivity index (χ2n) is 6.77. The monoisotopic (exact) mass is 340 g/mol. The maximum Gasteiger partial charge on any atom is 0.320 e. The summed E-state index contributed by atoms with van der Waals surface area (Å²) in [5.41, 5.74) is 0. The smallest absolute Gasteiger partial charge is 0.320 e. The van der Waals surface area contributed by atoms with Crippen LogP contribution in [0.2, 0.25) is 0 Å². The first-order valence-corrected chi connectivity index (χ1v) is 8.64. The molecule has 4 aliphatic rings. The van der Waals surface area contributed by atoms with Crippen molar-refractivity contribution in [2.45, 2.75) is 12.8 Å². The molecular weight excluding hydrogens is 320 g/mol. The van der Waals surface area contributed by atoms with Crippen molar-refractivity contribution in [1.29, 1.82) is 0 Å². The summed E-state index contributed by atoms with van der Waals surface area (Å²) in [5, 5.41) is 5.27. The Morgan fingerprint density at radius 2 is 1.80 bits per heavy atom. The topological polar surface area (TPSA) is 91.4 Å². The molecule has 0 aromatic carbocycles. The molecule has 2 fully saturated rings. The standard InChI is InChI=1S/C18H20N4O3/c23-16-14-11-4-5-12(7-6-11)15(14)17(24)22(16)10-9-20-18(25)21-13-3-1-2-8-19-13/h1-5,8,11-12,14-15H,6-7,9-10H2,(H2,19,20,21,25)/t11-,12-,14-,15-/m0/s1. The summed E-state index contributed by atoms with van der Waals surface area (Å²) in [4.78, 5) is 42.5. The summed E-state index contributed by atoms with van der Waals surface area (Å²) in [6.45, 7) is 0.429. The first-order chi connectivity index (χ1) is 12.1. The highest BCUT2D eigenvalue weighted by molar-refractivity contribution is 6.06. The fourth-order valence-corrected chi connectivity index (χ4v) is 4.23. The zero-order valence-corrected chi connectivity index (χ0v) is 13.7. The van der Waals surface area contributed by atoms with Crippen molar-refractivity contribution in [2.75, 3.05) is 18.4 Å². The van der Waals surface area contributed by atoms with Gasteiger partial charge in [-0.1, -0.05) is 18.2 Å². The highest BCUT2D eigenvalue weighted by Crippen LogP contribution is 2.49. The number of hydrogen-bond donors (Lipinski definition) is 2. The van der Waals surface area contributed by atoms with Gasteiger partial charge >= 0.3 is 6.03 Å². The number of imide groups is 1. The maximum absolute atomic E-state index is 12.6. The van der Waals surface area contributed by atoms with Crippen LogP contribution in [0.4, 0.5) is 10.6 Å². The number of aromatic nitrogens is 1. The van der Waals surface area contributed by atoms with Crippen LogP contribution in [-0.2, 0) is 9.59 Å². The Hall–Kier alpha value is -2.70. The molecule has 2 heterocycles. The zero-order valence-electron chi connectivity index (χ0n) is 13.7. The lowest BCUT2D eigenvalue weighted by Gasteiger charge is -2.38. The van der Waals surface area contributed by atoms with Crippen molar-refractivity contribution in [3.8, 4) is 0 Å². The average Bonchev–Trinajstić information content (AvgIpc) is 2.90. The predicted molar refractivity (Wildman–Crippen MR) is 90.3 cm³/mol. The molecule has 1 aromatic rings. The molecule has 7 heteroatoms. The van der Waals surface area contributed by atoms with E-state index in [0.717, 1.165) is 12.8 Å². The van der Waals surface area contributed by atoms with Crippen molar-refractivity contribution in [3.63, 3.8) is 0 Å². The number of nitrogens with one attached hydrogen (secondary N) is 2. The first-order valence-electron chi connectivity index (χ1n) is 8.64. The largest absolute Gasteiger partial charge is 0.336 e. The number of fused-ring (bicyclic) bond motifs is 1. The highest BCUT2D eigenvalue weighted by atomic mass is 16.2. The molecule has 0 radical (unpaired) electrons. The predicted octanol–water partition coefficient (Wildman–Crippen LogP) is 1.40. The minimum absolute atomic E-state index is 0.0824. The molecule has 130 valence electrons. The molecule has 0 spiro atoms. The Bertz CT molecular complexity index is 701. The summed E-state index contributed by atoms with van der Waals surface area (Å²) in [5.74, 6) is 0.273. The van der Waals surface area contributed by atoms with E-state index in [2.05, 4.69) is 27.8 Å². The van der Waals surface area contributed by atoms with Gasteiger partial charge in [0.25, 0.3) is 0 Å². The van der Waals surface area contributed by atoms with E-state index in [9.17, 15) is 14.4 Å². The van der Waals surface area contributed by atoms with Crippen molar-refractivity contribution in [3.05, 3.63) is 36.5 Å². The van der Waals surface area contributed by atoms with Crippen LogP contribution in [0.15, 0.2) is 36.5 Å². The van der Waals surface area contributed by atoms with Gasteiger partial charge < -0.3 is 5.32 Å². The van der Waals surface area contributed by atoms with Gasteiger partial charge in [0, 0.05) is 19.3 Å². The van der Waals surface area contributed by atoms with Crippen molar-refractivity contribution < 1.29 is 14.4 Å². The van der Waals surface area contributed by atoms with Crippen molar-refractivity contribution >= 4 is 23.7 Å². The summed E-state index contributed by atoms with van der Waals surface area (Å²) in [6, 6.07) is 4.81. The molecule has 7 nitrogen and oxygen atoms in total. The van der Waals surface area contributed by atoms with E-state index in [-0.39, 0.29) is 48.6 Å². The van der Waals surface area contributed by atoms with Gasteiger partial charge in [-0.05, 0) is 36.8 Å². The zero-order chi connectivity index (χ0) is 17.4. The highest BCUT2D eigenvalue weighted by Gasteiger charge is 2.56. The summed E-state index contributed by atoms with van der Waals surface area (Å²) in [6.07, 6.45) is 7.76. The van der Waals surface area contributed by atoms with Crippen LogP contribution in [-0.4, -0.2) is 40.8 Å². The van der Waals surface area contributed by atoms with Gasteiger partial charge in [-0.2, -0.15) is 0 Å². The van der Waals surface area contributed by atoms with Gasteiger partial charge in [0.1, 0.15) is 5.82 Å². The van der Waals surface area contributed by atoms with E-state index >= 15 is 0 Å². The number of pyridine rings is 1. The molecule has 0 unspecified atom stereocenters. The molecule has 1 saturated carbocycles. The number of hydrogen-bond acceptors (Lipinski definition) is 4. The van der Waals surface area contributed by atoms with Crippen LogP contribution in [0.3, 0.4) is 0 Å². The average molecular weight is 340 g/mol. The minimum Gasteiger partial charge on any atom is -0.336 e. The first kappa shape index (κ1) is 15.8. The van der Waals surface area contributed by atoms with Crippen LogP contribution in [0, 0.1) is 23.7 Å². The van der Waals surface area contributed by atoms with Crippen LogP contribution in [0.1, 0.15) is 12.8 Å². The van der Waals surface area contributed by atoms with Crippen LogP contribution >= 0.6 is 0 Å². The Kier molecular flexibility index (Phi) is 3.99. The fourth-order valence-electron chi connectivity index (χ4n) is 4.23. The minimum atomic E-state index is -0.406. The van der Waals surface area contributed by atoms with Crippen LogP contribution in [0.5, 0.6) is 0 Å². The molecule has 1 aromatic heterocycles. The van der Waals surface area contributed by atoms with Gasteiger partial charge in [0.15, 0.2) is 0 Å². The van der Waals surface area contributed by atoms with E-state index in [1.165, 1.54) is 4.90 Å². The Labute approximate surface area is 145 Å². The van der Waals surface area contributed by atoms with Gasteiger partial charge in [-0.25, -0.2) is 9.78 Å². The Morgan fingerprint density at radius 3 is 2.36 bits per heavy atom. The van der Waals surface area contributed by atoms with Crippen LogP contribution in [0.25, 0.3) is 0 Å². The van der Waals surface area contributed by atoms with Gasteiger partial charge in [-0.3, -0.25) is 19.8 Å². The molecule has 3 aliphatic carbocycles.